The number of non-ortho nitro benzene ring substituents is 1. The molecular weight excluding hydrogens is 378 g/mol. The van der Waals surface area contributed by atoms with Crippen LogP contribution >= 0.6 is 0 Å². The molecule has 0 N–H and O–H groups in total. The molecule has 1 heterocycles. The molecule has 4 rings (SSSR count). The molecule has 4 aromatic rings. The Morgan fingerprint density at radius 2 is 1.83 bits per heavy atom. The molecule has 0 bridgehead atoms. The molecular formula is C24H17N3O3. The predicted molar refractivity (Wildman–Crippen MR) is 116 cm³/mol. The van der Waals surface area contributed by atoms with Gasteiger partial charge in [-0.1, -0.05) is 36.4 Å². The Hall–Kier alpha value is -4.24. The maximum Gasteiger partial charge on any atom is 0.270 e. The van der Waals surface area contributed by atoms with Gasteiger partial charge >= 0.3 is 0 Å². The summed E-state index contributed by atoms with van der Waals surface area (Å²) >= 11 is 0. The van der Waals surface area contributed by atoms with Crippen LogP contribution in [0.3, 0.4) is 0 Å². The van der Waals surface area contributed by atoms with Crippen molar-refractivity contribution in [2.45, 2.75) is 13.5 Å². The van der Waals surface area contributed by atoms with E-state index in [0.29, 0.717) is 0 Å². The standard InChI is InChI=1S/C24H17N3O3/c1-2-26-22-9-4-3-8-20(22)21-13-16(10-11-23(21)26)12-18(15-25)24(28)17-6-5-7-19(14-17)27(29)30/h3-14H,2H2,1H3/b18-12+. The molecule has 0 unspecified atom stereocenters. The van der Waals surface area contributed by atoms with Crippen molar-refractivity contribution in [1.82, 2.24) is 4.57 Å². The zero-order valence-corrected chi connectivity index (χ0v) is 16.2. The number of rotatable bonds is 5. The van der Waals surface area contributed by atoms with E-state index in [1.165, 1.54) is 30.3 Å². The molecule has 30 heavy (non-hydrogen) atoms. The third kappa shape index (κ3) is 3.23. The number of hydrogen-bond donors (Lipinski definition) is 0. The molecule has 146 valence electrons. The lowest BCUT2D eigenvalue weighted by Gasteiger charge is -2.03. The fourth-order valence-corrected chi connectivity index (χ4v) is 3.73. The van der Waals surface area contributed by atoms with Crippen LogP contribution in [0.5, 0.6) is 0 Å². The third-order valence-electron chi connectivity index (χ3n) is 5.11. The molecule has 0 saturated carbocycles. The van der Waals surface area contributed by atoms with Gasteiger partial charge in [-0.2, -0.15) is 5.26 Å². The molecule has 6 nitrogen and oxygen atoms in total. The first kappa shape index (κ1) is 19.1. The van der Waals surface area contributed by atoms with Crippen molar-refractivity contribution in [3.8, 4) is 6.07 Å². The van der Waals surface area contributed by atoms with E-state index in [1.54, 1.807) is 0 Å². The lowest BCUT2D eigenvalue weighted by atomic mass is 10.0. The van der Waals surface area contributed by atoms with Crippen LogP contribution in [-0.2, 0) is 6.54 Å². The van der Waals surface area contributed by atoms with Crippen molar-refractivity contribution in [3.05, 3.63) is 93.5 Å². The average Bonchev–Trinajstić information content (AvgIpc) is 3.10. The molecule has 0 spiro atoms. The smallest absolute Gasteiger partial charge is 0.270 e. The van der Waals surface area contributed by atoms with E-state index >= 15 is 0 Å². The van der Waals surface area contributed by atoms with Crippen LogP contribution in [0.15, 0.2) is 72.3 Å². The van der Waals surface area contributed by atoms with E-state index in [9.17, 15) is 20.2 Å². The van der Waals surface area contributed by atoms with E-state index < -0.39 is 10.7 Å². The number of aryl methyl sites for hydroxylation is 1. The molecule has 0 atom stereocenters. The number of nitriles is 1. The van der Waals surface area contributed by atoms with Gasteiger partial charge in [-0.3, -0.25) is 14.9 Å². The Kier molecular flexibility index (Phi) is 4.87. The van der Waals surface area contributed by atoms with Crippen LogP contribution in [0.25, 0.3) is 27.9 Å². The topological polar surface area (TPSA) is 88.9 Å². The number of carbonyl (C=O) groups excluding carboxylic acids is 1. The molecule has 0 saturated heterocycles. The van der Waals surface area contributed by atoms with Crippen molar-refractivity contribution in [3.63, 3.8) is 0 Å². The van der Waals surface area contributed by atoms with Crippen molar-refractivity contribution >= 4 is 39.4 Å². The normalized spacial score (nSPS) is 11.5. The van der Waals surface area contributed by atoms with E-state index in [0.717, 1.165) is 33.9 Å². The lowest BCUT2D eigenvalue weighted by molar-refractivity contribution is -0.384. The van der Waals surface area contributed by atoms with Crippen LogP contribution in [0.2, 0.25) is 0 Å². The molecule has 0 aliphatic heterocycles. The van der Waals surface area contributed by atoms with Gasteiger partial charge < -0.3 is 4.57 Å². The maximum absolute atomic E-state index is 12.8. The summed E-state index contributed by atoms with van der Waals surface area (Å²) in [5.74, 6) is -0.544. The second kappa shape index (κ2) is 7.64. The first-order valence-electron chi connectivity index (χ1n) is 9.45. The third-order valence-corrected chi connectivity index (χ3v) is 5.11. The van der Waals surface area contributed by atoms with Gasteiger partial charge in [0.05, 0.1) is 4.92 Å². The van der Waals surface area contributed by atoms with Crippen LogP contribution in [-0.4, -0.2) is 15.3 Å². The number of benzene rings is 3. The molecule has 0 aliphatic rings. The van der Waals surface area contributed by atoms with Gasteiger partial charge in [-0.05, 0) is 36.8 Å². The number of allylic oxidation sites excluding steroid dienone is 1. The number of carbonyl (C=O) groups is 1. The number of nitrogens with zero attached hydrogens (tertiary/aromatic N) is 3. The Balaban J connectivity index is 1.80. The van der Waals surface area contributed by atoms with E-state index in [4.69, 9.17) is 0 Å². The van der Waals surface area contributed by atoms with Crippen molar-refractivity contribution in [2.24, 2.45) is 0 Å². The second-order valence-corrected chi connectivity index (χ2v) is 6.84. The van der Waals surface area contributed by atoms with Gasteiger partial charge in [0.15, 0.2) is 0 Å². The Morgan fingerprint density at radius 3 is 2.57 bits per heavy atom. The minimum Gasteiger partial charge on any atom is -0.341 e. The Morgan fingerprint density at radius 1 is 1.07 bits per heavy atom. The van der Waals surface area contributed by atoms with Crippen LogP contribution in [0, 0.1) is 21.4 Å². The van der Waals surface area contributed by atoms with E-state index in [1.807, 2.05) is 36.4 Å². The summed E-state index contributed by atoms with van der Waals surface area (Å²) in [6.07, 6.45) is 1.53. The average molecular weight is 395 g/mol. The Bertz CT molecular complexity index is 1390. The van der Waals surface area contributed by atoms with E-state index in [-0.39, 0.29) is 16.8 Å². The Labute approximate surface area is 172 Å². The van der Waals surface area contributed by atoms with E-state index in [2.05, 4.69) is 23.6 Å². The number of fused-ring (bicyclic) bond motifs is 3. The number of nitro benzene ring substituents is 1. The molecule has 0 aliphatic carbocycles. The summed E-state index contributed by atoms with van der Waals surface area (Å²) in [4.78, 5) is 23.2. The monoisotopic (exact) mass is 395 g/mol. The summed E-state index contributed by atoms with van der Waals surface area (Å²) in [5, 5.41) is 22.7. The number of Topliss-reactive ketones (excluding diaryl/α,β-unsaturated/α-hetero) is 1. The minimum atomic E-state index is -0.566. The van der Waals surface area contributed by atoms with Gasteiger partial charge in [-0.25, -0.2) is 0 Å². The zero-order valence-electron chi connectivity index (χ0n) is 16.2. The fourth-order valence-electron chi connectivity index (χ4n) is 3.73. The number of hydrogen-bond acceptors (Lipinski definition) is 4. The first-order chi connectivity index (χ1) is 14.5. The summed E-state index contributed by atoms with van der Waals surface area (Å²) < 4.78 is 2.22. The molecule has 6 heteroatoms. The lowest BCUT2D eigenvalue weighted by Crippen LogP contribution is -2.02. The number of nitro groups is 1. The summed E-state index contributed by atoms with van der Waals surface area (Å²) in [6, 6.07) is 21.3. The number of aromatic nitrogens is 1. The SMILES string of the molecule is CCn1c2ccccc2c2cc(/C=C(\C#N)C(=O)c3cccc([N+](=O)[O-])c3)ccc21. The number of ketones is 1. The van der Waals surface area contributed by atoms with Crippen LogP contribution < -0.4 is 0 Å². The second-order valence-electron chi connectivity index (χ2n) is 6.84. The summed E-state index contributed by atoms with van der Waals surface area (Å²) in [6.45, 7) is 2.92. The van der Waals surface area contributed by atoms with Gasteiger partial charge in [0.2, 0.25) is 5.78 Å². The number of para-hydroxylation sites is 1. The fraction of sp³-hybridized carbons (Fsp3) is 0.0833. The minimum absolute atomic E-state index is 0.0749. The highest BCUT2D eigenvalue weighted by Crippen LogP contribution is 2.30. The van der Waals surface area contributed by atoms with Gasteiger partial charge in [-0.15, -0.1) is 0 Å². The highest BCUT2D eigenvalue weighted by molar-refractivity contribution is 6.15. The first-order valence-corrected chi connectivity index (χ1v) is 9.45. The van der Waals surface area contributed by atoms with Crippen molar-refractivity contribution < 1.29 is 9.72 Å². The summed E-state index contributed by atoms with van der Waals surface area (Å²) in [7, 11) is 0. The predicted octanol–water partition coefficient (Wildman–Crippen LogP) is 5.51. The maximum atomic E-state index is 12.8. The molecule has 0 radical (unpaired) electrons. The highest BCUT2D eigenvalue weighted by atomic mass is 16.6. The molecule has 0 fully saturated rings. The van der Waals surface area contributed by atoms with Crippen molar-refractivity contribution in [1.29, 1.82) is 5.26 Å². The van der Waals surface area contributed by atoms with Gasteiger partial charge in [0.25, 0.3) is 5.69 Å². The van der Waals surface area contributed by atoms with Crippen LogP contribution in [0.4, 0.5) is 5.69 Å². The van der Waals surface area contributed by atoms with Gasteiger partial charge in [0, 0.05) is 46.0 Å². The molecule has 3 aromatic carbocycles. The van der Waals surface area contributed by atoms with Crippen molar-refractivity contribution in [2.75, 3.05) is 0 Å². The quantitative estimate of drug-likeness (QED) is 0.146. The van der Waals surface area contributed by atoms with Gasteiger partial charge in [0.1, 0.15) is 11.6 Å². The molecule has 0 amide bonds. The largest absolute Gasteiger partial charge is 0.341 e. The van der Waals surface area contributed by atoms with Crippen LogP contribution in [0.1, 0.15) is 22.8 Å². The highest BCUT2D eigenvalue weighted by Gasteiger charge is 2.16. The molecule has 1 aromatic heterocycles. The zero-order chi connectivity index (χ0) is 21.3. The summed E-state index contributed by atoms with van der Waals surface area (Å²) in [5.41, 5.74) is 2.78.